The zero-order chi connectivity index (χ0) is 14.4. The molecule has 1 rings (SSSR count). The number of rotatable bonds is 4. The molecule has 0 aliphatic rings. The van der Waals surface area contributed by atoms with E-state index in [4.69, 9.17) is 5.11 Å². The second-order valence-corrected chi connectivity index (χ2v) is 3.35. The van der Waals surface area contributed by atoms with Crippen molar-refractivity contribution in [3.63, 3.8) is 0 Å². The average molecular weight is 270 g/mol. The second kappa shape index (κ2) is 6.34. The standard InChI is InChI=1S/C11H11FN2O5/c1-19-8(15)5-13-11(18)14-9-6(10(16)17)3-2-4-7(9)12/h2-4H,5H2,1H3,(H,16,17)(H2,13,14,18). The molecule has 0 aliphatic carbocycles. The van der Waals surface area contributed by atoms with Crippen molar-refractivity contribution in [3.8, 4) is 0 Å². The van der Waals surface area contributed by atoms with Gasteiger partial charge in [0.15, 0.2) is 0 Å². The van der Waals surface area contributed by atoms with Gasteiger partial charge in [-0.25, -0.2) is 14.0 Å². The molecule has 0 bridgehead atoms. The molecule has 7 nitrogen and oxygen atoms in total. The first-order valence-corrected chi connectivity index (χ1v) is 5.09. The predicted octanol–water partition coefficient (Wildman–Crippen LogP) is 0.818. The summed E-state index contributed by atoms with van der Waals surface area (Å²) in [4.78, 5) is 33.0. The quantitative estimate of drug-likeness (QED) is 0.702. The molecule has 2 amide bonds. The van der Waals surface area contributed by atoms with Crippen LogP contribution in [0.3, 0.4) is 0 Å². The van der Waals surface area contributed by atoms with Crippen LogP contribution in [0, 0.1) is 5.82 Å². The SMILES string of the molecule is COC(=O)CNC(=O)Nc1c(F)cccc1C(=O)O. The van der Waals surface area contributed by atoms with Crippen LogP contribution in [0.1, 0.15) is 10.4 Å². The maximum Gasteiger partial charge on any atom is 0.337 e. The fourth-order valence-electron chi connectivity index (χ4n) is 1.21. The smallest absolute Gasteiger partial charge is 0.337 e. The molecule has 0 fully saturated rings. The summed E-state index contributed by atoms with van der Waals surface area (Å²) in [6, 6.07) is 2.43. The van der Waals surface area contributed by atoms with Crippen LogP contribution in [-0.4, -0.2) is 36.7 Å². The summed E-state index contributed by atoms with van der Waals surface area (Å²) in [6.07, 6.45) is 0. The van der Waals surface area contributed by atoms with Gasteiger partial charge in [0.05, 0.1) is 18.4 Å². The minimum atomic E-state index is -1.39. The van der Waals surface area contributed by atoms with E-state index in [1.807, 2.05) is 5.32 Å². The van der Waals surface area contributed by atoms with Crippen LogP contribution in [0.4, 0.5) is 14.9 Å². The van der Waals surface area contributed by atoms with Crippen LogP contribution in [-0.2, 0) is 9.53 Å². The first-order valence-electron chi connectivity index (χ1n) is 5.09. The molecular formula is C11H11FN2O5. The Balaban J connectivity index is 2.79. The van der Waals surface area contributed by atoms with Gasteiger partial charge in [-0.05, 0) is 12.1 Å². The molecule has 0 heterocycles. The molecule has 1 aromatic rings. The van der Waals surface area contributed by atoms with Gasteiger partial charge in [-0.15, -0.1) is 0 Å². The van der Waals surface area contributed by atoms with E-state index in [0.29, 0.717) is 0 Å². The second-order valence-electron chi connectivity index (χ2n) is 3.35. The summed E-state index contributed by atoms with van der Waals surface area (Å²) >= 11 is 0. The van der Waals surface area contributed by atoms with Gasteiger partial charge >= 0.3 is 18.0 Å². The lowest BCUT2D eigenvalue weighted by atomic mass is 10.1. The number of methoxy groups -OCH3 is 1. The number of carboxylic acids is 1. The van der Waals surface area contributed by atoms with Crippen LogP contribution in [0.2, 0.25) is 0 Å². The minimum absolute atomic E-state index is 0.395. The molecule has 0 spiro atoms. The van der Waals surface area contributed by atoms with Gasteiger partial charge in [-0.3, -0.25) is 4.79 Å². The molecule has 1 aromatic carbocycles. The van der Waals surface area contributed by atoms with E-state index in [0.717, 1.165) is 19.2 Å². The lowest BCUT2D eigenvalue weighted by Gasteiger charge is -2.10. The highest BCUT2D eigenvalue weighted by molar-refractivity contribution is 6.00. The number of amides is 2. The van der Waals surface area contributed by atoms with Gasteiger partial charge in [0.1, 0.15) is 12.4 Å². The van der Waals surface area contributed by atoms with E-state index in [9.17, 15) is 18.8 Å². The molecule has 0 aromatic heterocycles. The van der Waals surface area contributed by atoms with Crippen LogP contribution in [0.15, 0.2) is 18.2 Å². The molecule has 0 atom stereocenters. The third kappa shape index (κ3) is 3.95. The highest BCUT2D eigenvalue weighted by Gasteiger charge is 2.16. The molecule has 8 heteroatoms. The van der Waals surface area contributed by atoms with E-state index < -0.39 is 41.6 Å². The van der Waals surface area contributed by atoms with Crippen LogP contribution >= 0.6 is 0 Å². The van der Waals surface area contributed by atoms with Crippen molar-refractivity contribution in [2.24, 2.45) is 0 Å². The Morgan fingerprint density at radius 3 is 2.63 bits per heavy atom. The number of benzene rings is 1. The molecule has 0 radical (unpaired) electrons. The predicted molar refractivity (Wildman–Crippen MR) is 62.4 cm³/mol. The van der Waals surface area contributed by atoms with E-state index in [1.165, 1.54) is 6.07 Å². The fourth-order valence-corrected chi connectivity index (χ4v) is 1.21. The van der Waals surface area contributed by atoms with Crippen molar-refractivity contribution in [1.82, 2.24) is 5.32 Å². The number of halogens is 1. The van der Waals surface area contributed by atoms with Gasteiger partial charge in [0.2, 0.25) is 0 Å². The van der Waals surface area contributed by atoms with Crippen molar-refractivity contribution in [1.29, 1.82) is 0 Å². The summed E-state index contributed by atoms with van der Waals surface area (Å²) in [5.74, 6) is -2.97. The average Bonchev–Trinajstić information content (AvgIpc) is 2.38. The van der Waals surface area contributed by atoms with Crippen molar-refractivity contribution in [2.45, 2.75) is 0 Å². The number of hydrogen-bond acceptors (Lipinski definition) is 4. The summed E-state index contributed by atoms with van der Waals surface area (Å²) in [6.45, 7) is -0.417. The zero-order valence-electron chi connectivity index (χ0n) is 9.90. The topological polar surface area (TPSA) is 105 Å². The molecular weight excluding hydrogens is 259 g/mol. The number of ether oxygens (including phenoxy) is 1. The lowest BCUT2D eigenvalue weighted by Crippen LogP contribution is -2.34. The van der Waals surface area contributed by atoms with E-state index in [-0.39, 0.29) is 0 Å². The molecule has 0 aliphatic heterocycles. The number of esters is 1. The first-order chi connectivity index (χ1) is 8.95. The lowest BCUT2D eigenvalue weighted by molar-refractivity contribution is -0.139. The van der Waals surface area contributed by atoms with E-state index in [1.54, 1.807) is 0 Å². The van der Waals surface area contributed by atoms with Gasteiger partial charge in [-0.2, -0.15) is 0 Å². The minimum Gasteiger partial charge on any atom is -0.478 e. The van der Waals surface area contributed by atoms with Gasteiger partial charge in [-0.1, -0.05) is 6.07 Å². The number of hydrogen-bond donors (Lipinski definition) is 3. The Morgan fingerprint density at radius 2 is 2.05 bits per heavy atom. The number of carboxylic acid groups (broad SMARTS) is 1. The molecule has 0 saturated heterocycles. The number of urea groups is 1. The molecule has 0 saturated carbocycles. The Hall–Kier alpha value is -2.64. The van der Waals surface area contributed by atoms with Crippen molar-refractivity contribution in [2.75, 3.05) is 19.0 Å². The summed E-state index contributed by atoms with van der Waals surface area (Å²) in [5, 5.41) is 13.0. The van der Waals surface area contributed by atoms with Crippen molar-refractivity contribution in [3.05, 3.63) is 29.6 Å². The molecule has 102 valence electrons. The third-order valence-electron chi connectivity index (χ3n) is 2.10. The highest BCUT2D eigenvalue weighted by Crippen LogP contribution is 2.19. The summed E-state index contributed by atoms with van der Waals surface area (Å²) in [5.41, 5.74) is -0.870. The highest BCUT2D eigenvalue weighted by atomic mass is 19.1. The fraction of sp³-hybridized carbons (Fsp3) is 0.182. The Bertz CT molecular complexity index is 518. The van der Waals surface area contributed by atoms with Gasteiger partial charge < -0.3 is 20.5 Å². The van der Waals surface area contributed by atoms with E-state index >= 15 is 0 Å². The van der Waals surface area contributed by atoms with Crippen LogP contribution < -0.4 is 10.6 Å². The number of anilines is 1. The zero-order valence-corrected chi connectivity index (χ0v) is 9.90. The largest absolute Gasteiger partial charge is 0.478 e. The molecule has 19 heavy (non-hydrogen) atoms. The van der Waals surface area contributed by atoms with Gasteiger partial charge in [0, 0.05) is 0 Å². The van der Waals surface area contributed by atoms with E-state index in [2.05, 4.69) is 10.1 Å². The normalized spacial score (nSPS) is 9.58. The maximum atomic E-state index is 13.4. The summed E-state index contributed by atoms with van der Waals surface area (Å²) in [7, 11) is 1.14. The number of nitrogens with one attached hydrogen (secondary N) is 2. The van der Waals surface area contributed by atoms with Crippen LogP contribution in [0.25, 0.3) is 0 Å². The Labute approximate surface area is 107 Å². The Morgan fingerprint density at radius 1 is 1.37 bits per heavy atom. The number of carbonyl (C=O) groups is 3. The number of para-hydroxylation sites is 1. The molecule has 0 unspecified atom stereocenters. The Kier molecular flexibility index (Phi) is 4.81. The third-order valence-corrected chi connectivity index (χ3v) is 2.10. The van der Waals surface area contributed by atoms with Gasteiger partial charge in [0.25, 0.3) is 0 Å². The van der Waals surface area contributed by atoms with Crippen LogP contribution in [0.5, 0.6) is 0 Å². The molecule has 3 N–H and O–H groups in total. The summed E-state index contributed by atoms with van der Waals surface area (Å²) < 4.78 is 17.7. The monoisotopic (exact) mass is 270 g/mol. The van der Waals surface area contributed by atoms with Crippen molar-refractivity contribution < 1.29 is 28.6 Å². The first kappa shape index (κ1) is 14.4. The number of carbonyl (C=O) groups excluding carboxylic acids is 2. The van der Waals surface area contributed by atoms with Crippen molar-refractivity contribution >= 4 is 23.7 Å². The number of aromatic carboxylic acids is 1. The maximum absolute atomic E-state index is 13.4.